The molecular weight excluding hydrogens is 226 g/mol. The van der Waals surface area contributed by atoms with Gasteiger partial charge in [-0.1, -0.05) is 20.8 Å². The zero-order valence-electron chi connectivity index (χ0n) is 11.7. The smallest absolute Gasteiger partial charge is 0.255 e. The van der Waals surface area contributed by atoms with Gasteiger partial charge in [0.1, 0.15) is 5.82 Å². The summed E-state index contributed by atoms with van der Waals surface area (Å²) in [6.45, 7) is 10.4. The van der Waals surface area contributed by atoms with Crippen molar-refractivity contribution in [3.8, 4) is 0 Å². The molecule has 0 aliphatic carbocycles. The maximum atomic E-state index is 6.21. The molecule has 2 aromatic rings. The Kier molecular flexibility index (Phi) is 3.11. The fourth-order valence-corrected chi connectivity index (χ4v) is 1.93. The largest absolute Gasteiger partial charge is 0.327 e. The zero-order valence-corrected chi connectivity index (χ0v) is 11.7. The van der Waals surface area contributed by atoms with Crippen molar-refractivity contribution in [2.24, 2.45) is 11.1 Å². The maximum Gasteiger partial charge on any atom is 0.255 e. The molecule has 0 fully saturated rings. The van der Waals surface area contributed by atoms with E-state index in [1.54, 1.807) is 0 Å². The first-order valence-corrected chi connectivity index (χ1v) is 6.23. The first-order chi connectivity index (χ1) is 8.29. The van der Waals surface area contributed by atoms with Crippen molar-refractivity contribution >= 4 is 5.78 Å². The number of hydrogen-bond donors (Lipinski definition) is 1. The molecule has 0 spiro atoms. The van der Waals surface area contributed by atoms with Crippen LogP contribution < -0.4 is 5.73 Å². The van der Waals surface area contributed by atoms with Crippen LogP contribution in [0.1, 0.15) is 38.0 Å². The van der Waals surface area contributed by atoms with Crippen LogP contribution in [0.15, 0.2) is 6.07 Å². The van der Waals surface area contributed by atoms with Gasteiger partial charge in [-0.3, -0.25) is 4.40 Å². The molecule has 2 rings (SSSR count). The summed E-state index contributed by atoms with van der Waals surface area (Å²) in [7, 11) is 0. The van der Waals surface area contributed by atoms with Gasteiger partial charge in [0.25, 0.3) is 5.78 Å². The van der Waals surface area contributed by atoms with Crippen molar-refractivity contribution in [1.29, 1.82) is 0 Å². The van der Waals surface area contributed by atoms with Gasteiger partial charge in [0.2, 0.25) is 0 Å². The summed E-state index contributed by atoms with van der Waals surface area (Å²) < 4.78 is 1.98. The Morgan fingerprint density at radius 2 is 1.94 bits per heavy atom. The lowest BCUT2D eigenvalue weighted by Crippen LogP contribution is -2.37. The molecule has 0 aliphatic rings. The highest BCUT2D eigenvalue weighted by Gasteiger charge is 2.23. The van der Waals surface area contributed by atoms with Crippen LogP contribution in [0.5, 0.6) is 0 Å². The summed E-state index contributed by atoms with van der Waals surface area (Å²) in [6, 6.07) is 2.08. The van der Waals surface area contributed by atoms with E-state index in [1.165, 1.54) is 0 Å². The SMILES string of the molecule is Cc1cc(C)n2c(CC(N)C(C)(C)C)nnc2n1. The van der Waals surface area contributed by atoms with E-state index in [4.69, 9.17) is 5.73 Å². The van der Waals surface area contributed by atoms with Gasteiger partial charge in [0.15, 0.2) is 0 Å². The number of nitrogens with two attached hydrogens (primary N) is 1. The van der Waals surface area contributed by atoms with Crippen LogP contribution in [0, 0.1) is 19.3 Å². The summed E-state index contributed by atoms with van der Waals surface area (Å²) in [5, 5.41) is 8.34. The van der Waals surface area contributed by atoms with E-state index in [0.717, 1.165) is 17.2 Å². The Bertz CT molecular complexity index is 565. The van der Waals surface area contributed by atoms with Gasteiger partial charge < -0.3 is 5.73 Å². The van der Waals surface area contributed by atoms with Crippen LogP contribution in [-0.4, -0.2) is 25.6 Å². The van der Waals surface area contributed by atoms with Crippen molar-refractivity contribution < 1.29 is 0 Å². The van der Waals surface area contributed by atoms with Crippen molar-refractivity contribution in [2.45, 2.75) is 47.1 Å². The quantitative estimate of drug-likeness (QED) is 0.876. The van der Waals surface area contributed by atoms with Gasteiger partial charge in [-0.15, -0.1) is 10.2 Å². The first kappa shape index (κ1) is 13.0. The third-order valence-corrected chi connectivity index (χ3v) is 3.27. The summed E-state index contributed by atoms with van der Waals surface area (Å²) in [5.41, 5.74) is 8.32. The predicted molar refractivity (Wildman–Crippen MR) is 71.4 cm³/mol. The van der Waals surface area contributed by atoms with Crippen molar-refractivity contribution in [3.63, 3.8) is 0 Å². The second-order valence-corrected chi connectivity index (χ2v) is 5.97. The molecule has 5 nitrogen and oxygen atoms in total. The highest BCUT2D eigenvalue weighted by atomic mass is 15.3. The number of rotatable bonds is 2. The molecule has 1 unspecified atom stereocenters. The minimum Gasteiger partial charge on any atom is -0.327 e. The molecule has 0 amide bonds. The average molecular weight is 247 g/mol. The maximum absolute atomic E-state index is 6.21. The van der Waals surface area contributed by atoms with E-state index in [-0.39, 0.29) is 11.5 Å². The monoisotopic (exact) mass is 247 g/mol. The van der Waals surface area contributed by atoms with Crippen LogP contribution >= 0.6 is 0 Å². The molecule has 18 heavy (non-hydrogen) atoms. The molecule has 1 atom stereocenters. The normalized spacial score (nSPS) is 14.1. The third-order valence-electron chi connectivity index (χ3n) is 3.27. The number of fused-ring (bicyclic) bond motifs is 1. The molecule has 0 aliphatic heterocycles. The van der Waals surface area contributed by atoms with Crippen LogP contribution in [0.3, 0.4) is 0 Å². The van der Waals surface area contributed by atoms with Crippen LogP contribution in [0.2, 0.25) is 0 Å². The third kappa shape index (κ3) is 2.36. The van der Waals surface area contributed by atoms with Crippen LogP contribution in [0.25, 0.3) is 5.78 Å². The minimum absolute atomic E-state index is 0.0469. The number of nitrogens with zero attached hydrogens (tertiary/aromatic N) is 4. The minimum atomic E-state index is 0.0469. The second kappa shape index (κ2) is 4.31. The van der Waals surface area contributed by atoms with E-state index in [1.807, 2.05) is 24.3 Å². The van der Waals surface area contributed by atoms with Gasteiger partial charge in [-0.05, 0) is 25.3 Å². The summed E-state index contributed by atoms with van der Waals surface area (Å²) in [4.78, 5) is 4.38. The standard InChI is InChI=1S/C13H21N5/c1-8-6-9(2)18-11(16-17-12(18)15-8)7-10(14)13(3,4)5/h6,10H,7,14H2,1-5H3. The Balaban J connectivity index is 2.41. The van der Waals surface area contributed by atoms with Gasteiger partial charge in [-0.25, -0.2) is 4.98 Å². The second-order valence-electron chi connectivity index (χ2n) is 5.97. The molecule has 0 saturated carbocycles. The predicted octanol–water partition coefficient (Wildman–Crippen LogP) is 1.66. The molecule has 0 aromatic carbocycles. The van der Waals surface area contributed by atoms with Gasteiger partial charge in [-0.2, -0.15) is 0 Å². The van der Waals surface area contributed by atoms with E-state index < -0.39 is 0 Å². The summed E-state index contributed by atoms with van der Waals surface area (Å²) in [5.74, 6) is 1.54. The number of aryl methyl sites for hydroxylation is 2. The van der Waals surface area contributed by atoms with E-state index in [0.29, 0.717) is 12.2 Å². The summed E-state index contributed by atoms with van der Waals surface area (Å²) >= 11 is 0. The Hall–Kier alpha value is -1.49. The lowest BCUT2D eigenvalue weighted by atomic mass is 9.85. The summed E-state index contributed by atoms with van der Waals surface area (Å²) in [6.07, 6.45) is 0.705. The molecule has 2 aromatic heterocycles. The molecule has 2 heterocycles. The fraction of sp³-hybridized carbons (Fsp3) is 0.615. The lowest BCUT2D eigenvalue weighted by molar-refractivity contribution is 0.314. The highest BCUT2D eigenvalue weighted by molar-refractivity contribution is 5.32. The molecule has 2 N–H and O–H groups in total. The Labute approximate surface area is 107 Å². The van der Waals surface area contributed by atoms with Gasteiger partial charge >= 0.3 is 0 Å². The van der Waals surface area contributed by atoms with Crippen LogP contribution in [0.4, 0.5) is 0 Å². The molecule has 98 valence electrons. The molecule has 0 saturated heterocycles. The van der Waals surface area contributed by atoms with Gasteiger partial charge in [0.05, 0.1) is 0 Å². The zero-order chi connectivity index (χ0) is 13.5. The van der Waals surface area contributed by atoms with Crippen molar-refractivity contribution in [1.82, 2.24) is 19.6 Å². The molecule has 0 bridgehead atoms. The van der Waals surface area contributed by atoms with E-state index in [2.05, 4.69) is 36.0 Å². The average Bonchev–Trinajstić information content (AvgIpc) is 2.59. The Morgan fingerprint density at radius 3 is 2.56 bits per heavy atom. The van der Waals surface area contributed by atoms with Gasteiger partial charge in [0, 0.05) is 23.9 Å². The first-order valence-electron chi connectivity index (χ1n) is 6.23. The lowest BCUT2D eigenvalue weighted by Gasteiger charge is -2.26. The van der Waals surface area contributed by atoms with E-state index >= 15 is 0 Å². The molecule has 5 heteroatoms. The number of aromatic nitrogens is 4. The van der Waals surface area contributed by atoms with Crippen molar-refractivity contribution in [3.05, 3.63) is 23.3 Å². The fourth-order valence-electron chi connectivity index (χ4n) is 1.93. The molecule has 0 radical (unpaired) electrons. The highest BCUT2D eigenvalue weighted by Crippen LogP contribution is 2.20. The Morgan fingerprint density at radius 1 is 1.28 bits per heavy atom. The number of hydrogen-bond acceptors (Lipinski definition) is 4. The van der Waals surface area contributed by atoms with Crippen LogP contribution in [-0.2, 0) is 6.42 Å². The molecular formula is C13H21N5. The van der Waals surface area contributed by atoms with E-state index in [9.17, 15) is 0 Å². The van der Waals surface area contributed by atoms with Crippen molar-refractivity contribution in [2.75, 3.05) is 0 Å². The topological polar surface area (TPSA) is 69.1 Å².